The summed E-state index contributed by atoms with van der Waals surface area (Å²) < 4.78 is 0. The molecule has 3 amide bonds. The van der Waals surface area contributed by atoms with Crippen LogP contribution in [0.2, 0.25) is 0 Å². The van der Waals surface area contributed by atoms with Gasteiger partial charge in [0.05, 0.1) is 24.2 Å². The summed E-state index contributed by atoms with van der Waals surface area (Å²) in [7, 11) is 0. The Labute approximate surface area is 275 Å². The number of hydrogen-bond donors (Lipinski definition) is 7. The Hall–Kier alpha value is -2.83. The van der Waals surface area contributed by atoms with Gasteiger partial charge in [-0.1, -0.05) is 111 Å². The average Bonchev–Trinajstić information content (AvgIpc) is 3.01. The van der Waals surface area contributed by atoms with Crippen LogP contribution >= 0.6 is 0 Å². The summed E-state index contributed by atoms with van der Waals surface area (Å²) in [5, 5.41) is 47.7. The van der Waals surface area contributed by atoms with Gasteiger partial charge in [-0.2, -0.15) is 0 Å². The van der Waals surface area contributed by atoms with Crippen molar-refractivity contribution >= 4 is 30.0 Å². The highest BCUT2D eigenvalue weighted by Gasteiger charge is 2.40. The molecular formula is C34H61N3O9. The van der Waals surface area contributed by atoms with Crippen LogP contribution in [0.3, 0.4) is 0 Å². The van der Waals surface area contributed by atoms with Gasteiger partial charge in [-0.3, -0.25) is 14.4 Å². The van der Waals surface area contributed by atoms with Crippen LogP contribution in [0.1, 0.15) is 119 Å². The van der Waals surface area contributed by atoms with Gasteiger partial charge < -0.3 is 41.2 Å². The number of nitrogens with one attached hydrogen (secondary N) is 3. The first kappa shape index (κ1) is 43.2. The van der Waals surface area contributed by atoms with Crippen LogP contribution in [0, 0.1) is 17.3 Å². The van der Waals surface area contributed by atoms with Crippen molar-refractivity contribution in [3.05, 3.63) is 12.7 Å². The fourth-order valence-corrected chi connectivity index (χ4v) is 5.14. The number of carbonyl (C=O) groups excluding carboxylic acids is 4. The monoisotopic (exact) mass is 655 g/mol. The van der Waals surface area contributed by atoms with E-state index >= 15 is 0 Å². The molecule has 0 spiro atoms. The zero-order valence-corrected chi connectivity index (χ0v) is 28.8. The summed E-state index contributed by atoms with van der Waals surface area (Å²) in [5.41, 5.74) is -1.07. The minimum absolute atomic E-state index is 0.00629. The number of carboxylic acids is 1. The zero-order valence-electron chi connectivity index (χ0n) is 28.8. The maximum Gasteiger partial charge on any atom is 0.333 e. The molecule has 0 saturated heterocycles. The number of hydrogen-bond acceptors (Lipinski definition) is 8. The highest BCUT2D eigenvalue weighted by atomic mass is 16.4. The van der Waals surface area contributed by atoms with Crippen LogP contribution in [0.4, 0.5) is 0 Å². The first-order chi connectivity index (χ1) is 21.5. The van der Waals surface area contributed by atoms with Crippen LogP contribution in [0.15, 0.2) is 12.7 Å². The molecule has 0 aromatic rings. The van der Waals surface area contributed by atoms with Gasteiger partial charge in [0.1, 0.15) is 12.1 Å². The summed E-state index contributed by atoms with van der Waals surface area (Å²) in [6, 6.07) is -4.86. The molecule has 0 fully saturated rings. The second-order valence-electron chi connectivity index (χ2n) is 13.2. The van der Waals surface area contributed by atoms with Gasteiger partial charge in [0.15, 0.2) is 12.3 Å². The molecule has 0 heterocycles. The van der Waals surface area contributed by atoms with Crippen molar-refractivity contribution in [3.63, 3.8) is 0 Å². The van der Waals surface area contributed by atoms with Gasteiger partial charge in [0.25, 0.3) is 0 Å². The van der Waals surface area contributed by atoms with Gasteiger partial charge >= 0.3 is 5.97 Å². The predicted octanol–water partition coefficient (Wildman–Crippen LogP) is 3.01. The van der Waals surface area contributed by atoms with Crippen LogP contribution in [-0.4, -0.2) is 86.8 Å². The Morgan fingerprint density at radius 3 is 1.70 bits per heavy atom. The van der Waals surface area contributed by atoms with Gasteiger partial charge in [-0.15, -0.1) is 6.58 Å². The van der Waals surface area contributed by atoms with E-state index in [-0.39, 0.29) is 6.29 Å². The Kier molecular flexibility index (Phi) is 21.3. The van der Waals surface area contributed by atoms with Crippen LogP contribution in [-0.2, 0) is 24.0 Å². The molecule has 0 aliphatic heterocycles. The Bertz CT molecular complexity index is 956. The maximum absolute atomic E-state index is 13.4. The third-order valence-corrected chi connectivity index (χ3v) is 8.76. The van der Waals surface area contributed by atoms with E-state index in [1.165, 1.54) is 71.3 Å². The molecule has 266 valence electrons. The predicted molar refractivity (Wildman–Crippen MR) is 177 cm³/mol. The van der Waals surface area contributed by atoms with Crippen molar-refractivity contribution in [2.24, 2.45) is 17.3 Å². The first-order valence-corrected chi connectivity index (χ1v) is 16.8. The van der Waals surface area contributed by atoms with Gasteiger partial charge in [0, 0.05) is 11.3 Å². The van der Waals surface area contributed by atoms with Crippen molar-refractivity contribution in [2.45, 2.75) is 155 Å². The van der Waals surface area contributed by atoms with Crippen molar-refractivity contribution in [3.8, 4) is 0 Å². The normalized spacial score (nSPS) is 16.9. The van der Waals surface area contributed by atoms with Crippen molar-refractivity contribution in [1.29, 1.82) is 0 Å². The van der Waals surface area contributed by atoms with E-state index in [2.05, 4.69) is 24.1 Å². The van der Waals surface area contributed by atoms with E-state index in [4.69, 9.17) is 5.11 Å². The Morgan fingerprint density at radius 1 is 0.761 bits per heavy atom. The fraction of sp³-hybridized carbons (Fsp3) is 0.794. The molecule has 0 bridgehead atoms. The largest absolute Gasteiger partial charge is 0.479 e. The summed E-state index contributed by atoms with van der Waals surface area (Å²) in [6.45, 7) is 13.5. The van der Waals surface area contributed by atoms with Crippen LogP contribution in [0.5, 0.6) is 0 Å². The molecule has 7 N–H and O–H groups in total. The van der Waals surface area contributed by atoms with E-state index in [1.807, 2.05) is 5.32 Å². The van der Waals surface area contributed by atoms with Crippen LogP contribution < -0.4 is 16.0 Å². The molecule has 8 unspecified atom stereocenters. The number of carboxylic acid groups (broad SMARTS) is 1. The lowest BCUT2D eigenvalue weighted by Gasteiger charge is -2.35. The standard InChI is InChI=1S/C34H61N3O9/c1-8-10-11-12-13-14-15-16-17-18-19-20-26(40)22(3)28(41)23(4)30(42)37-29(34(6,7)9-2)32(44)36-27(24(5)39)31(43)35-25(21-38)33(45)46/h9,21-29,39-41H,2,8,10-20H2,1,3-7H3,(H,35,43)(H,36,44)(H,37,42)(H,45,46). The molecule has 0 aliphatic rings. The molecule has 46 heavy (non-hydrogen) atoms. The fourth-order valence-electron chi connectivity index (χ4n) is 5.14. The van der Waals surface area contributed by atoms with E-state index in [0.717, 1.165) is 19.3 Å². The summed E-state index contributed by atoms with van der Waals surface area (Å²) >= 11 is 0. The summed E-state index contributed by atoms with van der Waals surface area (Å²) in [6.07, 6.45) is 11.4. The topological polar surface area (TPSA) is 202 Å². The van der Waals surface area contributed by atoms with Gasteiger partial charge in [-0.25, -0.2) is 4.79 Å². The highest BCUT2D eigenvalue weighted by Crippen LogP contribution is 2.25. The molecule has 12 heteroatoms. The number of unbranched alkanes of at least 4 members (excludes halogenated alkanes) is 10. The Morgan fingerprint density at radius 2 is 1.26 bits per heavy atom. The molecule has 8 atom stereocenters. The number of carbonyl (C=O) groups is 5. The molecule has 0 radical (unpaired) electrons. The van der Waals surface area contributed by atoms with E-state index in [0.29, 0.717) is 6.42 Å². The maximum atomic E-state index is 13.4. The molecular weight excluding hydrogens is 594 g/mol. The van der Waals surface area contributed by atoms with Gasteiger partial charge in [0.2, 0.25) is 17.7 Å². The van der Waals surface area contributed by atoms with Crippen molar-refractivity contribution in [1.82, 2.24) is 16.0 Å². The molecule has 0 aromatic heterocycles. The SMILES string of the molecule is C=CC(C)(C)C(NC(=O)C(C)C(O)C(C)C(O)CCCCCCCCCCCCC)C(=O)NC(C(=O)NC(C=O)C(=O)O)C(C)O. The third-order valence-electron chi connectivity index (χ3n) is 8.76. The lowest BCUT2D eigenvalue weighted by Crippen LogP contribution is -2.62. The number of rotatable bonds is 26. The quantitative estimate of drug-likeness (QED) is 0.0316. The van der Waals surface area contributed by atoms with E-state index < -0.39 is 77.4 Å². The molecule has 12 nitrogen and oxygen atoms in total. The van der Waals surface area contributed by atoms with Gasteiger partial charge in [-0.05, 0) is 13.3 Å². The second-order valence-corrected chi connectivity index (χ2v) is 13.2. The number of aliphatic carboxylic acids is 1. The Balaban J connectivity index is 5.17. The molecule has 0 aromatic carbocycles. The summed E-state index contributed by atoms with van der Waals surface area (Å²) in [4.78, 5) is 61.4. The first-order valence-electron chi connectivity index (χ1n) is 16.8. The smallest absolute Gasteiger partial charge is 0.333 e. The van der Waals surface area contributed by atoms with E-state index in [9.17, 15) is 39.3 Å². The zero-order chi connectivity index (χ0) is 35.4. The van der Waals surface area contributed by atoms with Crippen LogP contribution in [0.25, 0.3) is 0 Å². The third kappa shape index (κ3) is 15.6. The second kappa shape index (κ2) is 22.7. The number of aliphatic hydroxyl groups excluding tert-OH is 3. The highest BCUT2D eigenvalue weighted by molar-refractivity contribution is 5.98. The lowest BCUT2D eigenvalue weighted by atomic mass is 9.82. The lowest BCUT2D eigenvalue weighted by molar-refractivity contribution is -0.144. The average molecular weight is 656 g/mol. The number of amides is 3. The molecule has 0 saturated carbocycles. The minimum atomic E-state index is -1.89. The molecule has 0 aliphatic carbocycles. The van der Waals surface area contributed by atoms with Crippen molar-refractivity contribution < 1.29 is 44.4 Å². The van der Waals surface area contributed by atoms with Crippen molar-refractivity contribution in [2.75, 3.05) is 0 Å². The summed E-state index contributed by atoms with van der Waals surface area (Å²) in [5.74, 6) is -5.94. The minimum Gasteiger partial charge on any atom is -0.479 e. The van der Waals surface area contributed by atoms with E-state index in [1.54, 1.807) is 20.8 Å². The number of aldehydes is 1. The number of aliphatic hydroxyl groups is 3. The molecule has 0 rings (SSSR count).